The number of amides is 2. The van der Waals surface area contributed by atoms with Gasteiger partial charge in [0.15, 0.2) is 0 Å². The fourth-order valence-electron chi connectivity index (χ4n) is 1.55. The second-order valence-corrected chi connectivity index (χ2v) is 4.36. The highest BCUT2D eigenvalue weighted by atomic mass is 35.5. The van der Waals surface area contributed by atoms with E-state index in [4.69, 9.17) is 16.7 Å². The van der Waals surface area contributed by atoms with Gasteiger partial charge < -0.3 is 15.3 Å². The van der Waals surface area contributed by atoms with E-state index in [9.17, 15) is 14.0 Å². The summed E-state index contributed by atoms with van der Waals surface area (Å²) >= 11 is 5.69. The number of hydrogen-bond donors (Lipinski definition) is 2. The number of rotatable bonds is 4. The van der Waals surface area contributed by atoms with E-state index in [-0.39, 0.29) is 17.1 Å². The Morgan fingerprint density at radius 1 is 1.53 bits per heavy atom. The summed E-state index contributed by atoms with van der Waals surface area (Å²) in [5, 5.41) is 11.5. The van der Waals surface area contributed by atoms with Gasteiger partial charge in [-0.2, -0.15) is 0 Å². The molecule has 104 valence electrons. The van der Waals surface area contributed by atoms with Gasteiger partial charge in [-0.05, 0) is 24.6 Å². The van der Waals surface area contributed by atoms with E-state index < -0.39 is 23.9 Å². The van der Waals surface area contributed by atoms with Crippen LogP contribution in [0.2, 0.25) is 5.02 Å². The number of benzene rings is 1. The molecule has 19 heavy (non-hydrogen) atoms. The molecule has 0 aromatic heterocycles. The van der Waals surface area contributed by atoms with Gasteiger partial charge in [0.25, 0.3) is 0 Å². The minimum atomic E-state index is -1.12. The van der Waals surface area contributed by atoms with E-state index in [1.165, 1.54) is 19.2 Å². The molecule has 0 spiro atoms. The van der Waals surface area contributed by atoms with E-state index in [1.807, 2.05) is 0 Å². The number of carbonyl (C=O) groups is 2. The fourth-order valence-corrected chi connectivity index (χ4v) is 1.72. The van der Waals surface area contributed by atoms with Gasteiger partial charge in [0.05, 0.1) is 5.69 Å². The van der Waals surface area contributed by atoms with E-state index in [2.05, 4.69) is 5.32 Å². The molecular formula is C12H14ClFN2O3. The van der Waals surface area contributed by atoms with Crippen LogP contribution in [0.1, 0.15) is 13.3 Å². The minimum Gasteiger partial charge on any atom is -0.480 e. The maximum atomic E-state index is 13.4. The van der Waals surface area contributed by atoms with Gasteiger partial charge in [-0.3, -0.25) is 0 Å². The Kier molecular flexibility index (Phi) is 5.11. The molecule has 1 rings (SSSR count). The summed E-state index contributed by atoms with van der Waals surface area (Å²) in [6.07, 6.45) is 0.247. The smallest absolute Gasteiger partial charge is 0.326 e. The molecule has 2 N–H and O–H groups in total. The standard InChI is InChI=1S/C12H14ClFN2O3/c1-3-10(11(17)18)16(2)12(19)15-9-6-7(13)4-5-8(9)14/h4-6,10H,3H2,1-2H3,(H,15,19)(H,17,18). The topological polar surface area (TPSA) is 69.6 Å². The number of carbonyl (C=O) groups excluding carboxylic acids is 1. The van der Waals surface area contributed by atoms with Gasteiger partial charge in [-0.15, -0.1) is 0 Å². The number of anilines is 1. The third kappa shape index (κ3) is 3.82. The monoisotopic (exact) mass is 288 g/mol. The van der Waals surface area contributed by atoms with E-state index in [0.29, 0.717) is 0 Å². The number of nitrogens with one attached hydrogen (secondary N) is 1. The Labute approximate surface area is 115 Å². The lowest BCUT2D eigenvalue weighted by Gasteiger charge is -2.24. The van der Waals surface area contributed by atoms with Crippen molar-refractivity contribution >= 4 is 29.3 Å². The van der Waals surface area contributed by atoms with Gasteiger partial charge in [0, 0.05) is 12.1 Å². The summed E-state index contributed by atoms with van der Waals surface area (Å²) in [6.45, 7) is 1.64. The molecule has 2 amide bonds. The second kappa shape index (κ2) is 6.38. The average molecular weight is 289 g/mol. The molecule has 0 aliphatic rings. The van der Waals surface area contributed by atoms with Crippen LogP contribution in [0, 0.1) is 5.82 Å². The zero-order valence-corrected chi connectivity index (χ0v) is 11.2. The van der Waals surface area contributed by atoms with Crippen molar-refractivity contribution in [2.45, 2.75) is 19.4 Å². The molecule has 5 nitrogen and oxygen atoms in total. The maximum Gasteiger partial charge on any atom is 0.326 e. The molecule has 1 unspecified atom stereocenters. The zero-order chi connectivity index (χ0) is 14.6. The predicted molar refractivity (Wildman–Crippen MR) is 69.9 cm³/mol. The molecule has 7 heteroatoms. The van der Waals surface area contributed by atoms with Gasteiger partial charge in [-0.1, -0.05) is 18.5 Å². The largest absolute Gasteiger partial charge is 0.480 e. The first-order chi connectivity index (χ1) is 8.86. The molecular weight excluding hydrogens is 275 g/mol. The highest BCUT2D eigenvalue weighted by Crippen LogP contribution is 2.20. The van der Waals surface area contributed by atoms with Crippen molar-refractivity contribution < 1.29 is 19.1 Å². The molecule has 0 saturated heterocycles. The van der Waals surface area contributed by atoms with Gasteiger partial charge in [-0.25, -0.2) is 14.0 Å². The van der Waals surface area contributed by atoms with Crippen LogP contribution in [0.5, 0.6) is 0 Å². The summed E-state index contributed by atoms with van der Waals surface area (Å²) in [7, 11) is 1.33. The lowest BCUT2D eigenvalue weighted by molar-refractivity contribution is -0.141. The summed E-state index contributed by atoms with van der Waals surface area (Å²) in [5.41, 5.74) is -0.0930. The molecule has 1 atom stereocenters. The van der Waals surface area contributed by atoms with Crippen LogP contribution in [0.3, 0.4) is 0 Å². The number of halogens is 2. The van der Waals surface area contributed by atoms with Crippen LogP contribution in [0.4, 0.5) is 14.9 Å². The van der Waals surface area contributed by atoms with E-state index in [0.717, 1.165) is 11.0 Å². The highest BCUT2D eigenvalue weighted by molar-refractivity contribution is 6.30. The Morgan fingerprint density at radius 3 is 2.68 bits per heavy atom. The van der Waals surface area contributed by atoms with Crippen molar-refractivity contribution in [3.05, 3.63) is 29.0 Å². The van der Waals surface area contributed by atoms with Crippen molar-refractivity contribution in [2.24, 2.45) is 0 Å². The van der Waals surface area contributed by atoms with Crippen LogP contribution in [0.25, 0.3) is 0 Å². The predicted octanol–water partition coefficient (Wildman–Crippen LogP) is 2.81. The quantitative estimate of drug-likeness (QED) is 0.895. The summed E-state index contributed by atoms with van der Waals surface area (Å²) in [4.78, 5) is 23.8. The summed E-state index contributed by atoms with van der Waals surface area (Å²) in [5.74, 6) is -1.76. The number of nitrogens with zero attached hydrogens (tertiary/aromatic N) is 1. The van der Waals surface area contributed by atoms with Crippen molar-refractivity contribution in [3.63, 3.8) is 0 Å². The van der Waals surface area contributed by atoms with Crippen LogP contribution in [-0.4, -0.2) is 35.1 Å². The number of urea groups is 1. The number of aliphatic carboxylic acids is 1. The molecule has 0 heterocycles. The normalized spacial score (nSPS) is 11.8. The average Bonchev–Trinajstić information content (AvgIpc) is 2.34. The van der Waals surface area contributed by atoms with Crippen LogP contribution in [-0.2, 0) is 4.79 Å². The summed E-state index contributed by atoms with van der Waals surface area (Å²) in [6, 6.07) is 2.04. The summed E-state index contributed by atoms with van der Waals surface area (Å²) < 4.78 is 13.4. The van der Waals surface area contributed by atoms with Crippen LogP contribution >= 0.6 is 11.6 Å². The third-order valence-electron chi connectivity index (χ3n) is 2.63. The van der Waals surface area contributed by atoms with Crippen molar-refractivity contribution in [3.8, 4) is 0 Å². The Bertz CT molecular complexity index is 496. The third-order valence-corrected chi connectivity index (χ3v) is 2.86. The maximum absolute atomic E-state index is 13.4. The molecule has 0 aliphatic carbocycles. The molecule has 0 saturated carbocycles. The Balaban J connectivity index is 2.84. The SMILES string of the molecule is CCC(C(=O)O)N(C)C(=O)Nc1cc(Cl)ccc1F. The Morgan fingerprint density at radius 2 is 2.16 bits per heavy atom. The highest BCUT2D eigenvalue weighted by Gasteiger charge is 2.25. The molecule has 0 radical (unpaired) electrons. The lowest BCUT2D eigenvalue weighted by Crippen LogP contribution is -2.44. The van der Waals surface area contributed by atoms with Crippen molar-refractivity contribution in [2.75, 3.05) is 12.4 Å². The number of carboxylic acid groups (broad SMARTS) is 1. The lowest BCUT2D eigenvalue weighted by atomic mass is 10.2. The molecule has 0 aliphatic heterocycles. The number of hydrogen-bond acceptors (Lipinski definition) is 2. The van der Waals surface area contributed by atoms with Crippen LogP contribution in [0.15, 0.2) is 18.2 Å². The first-order valence-corrected chi connectivity index (χ1v) is 5.96. The second-order valence-electron chi connectivity index (χ2n) is 3.93. The van der Waals surface area contributed by atoms with Crippen molar-refractivity contribution in [1.29, 1.82) is 0 Å². The van der Waals surface area contributed by atoms with Gasteiger partial charge in [0.2, 0.25) is 0 Å². The van der Waals surface area contributed by atoms with E-state index >= 15 is 0 Å². The van der Waals surface area contributed by atoms with Gasteiger partial charge in [0.1, 0.15) is 11.9 Å². The zero-order valence-electron chi connectivity index (χ0n) is 10.5. The molecule has 0 bridgehead atoms. The van der Waals surface area contributed by atoms with Gasteiger partial charge >= 0.3 is 12.0 Å². The Hall–Kier alpha value is -1.82. The number of carboxylic acids is 1. The first-order valence-electron chi connectivity index (χ1n) is 5.58. The van der Waals surface area contributed by atoms with Crippen LogP contribution < -0.4 is 5.32 Å². The first kappa shape index (κ1) is 15.2. The van der Waals surface area contributed by atoms with Crippen molar-refractivity contribution in [1.82, 2.24) is 4.90 Å². The van der Waals surface area contributed by atoms with E-state index in [1.54, 1.807) is 6.92 Å². The molecule has 1 aromatic carbocycles. The molecule has 1 aromatic rings. The minimum absolute atomic E-state index is 0.0930. The number of likely N-dealkylation sites (N-methyl/N-ethyl adjacent to an activating group) is 1. The molecule has 0 fully saturated rings. The fraction of sp³-hybridized carbons (Fsp3) is 0.333.